The lowest BCUT2D eigenvalue weighted by molar-refractivity contribution is -0.274. The van der Waals surface area contributed by atoms with Crippen LogP contribution in [0, 0.1) is 6.92 Å². The van der Waals surface area contributed by atoms with Gasteiger partial charge < -0.3 is 20.1 Å². The Hall–Kier alpha value is -2.42. The molecule has 138 valence electrons. The SMILES string of the molecule is Cc1ccc(NC(=O)C2CNc3cc(OC(F)(F)F)ccc3O2)c(Br)c1. The van der Waals surface area contributed by atoms with Crippen LogP contribution in [0.5, 0.6) is 11.5 Å². The summed E-state index contributed by atoms with van der Waals surface area (Å²) in [6, 6.07) is 9.12. The van der Waals surface area contributed by atoms with Gasteiger partial charge in [-0.25, -0.2) is 0 Å². The van der Waals surface area contributed by atoms with Crippen molar-refractivity contribution in [1.82, 2.24) is 0 Å². The lowest BCUT2D eigenvalue weighted by Crippen LogP contribution is -2.41. The number of benzene rings is 2. The van der Waals surface area contributed by atoms with Crippen LogP contribution in [0.25, 0.3) is 0 Å². The minimum Gasteiger partial charge on any atom is -0.477 e. The lowest BCUT2D eigenvalue weighted by Gasteiger charge is -2.27. The number of nitrogens with one attached hydrogen (secondary N) is 2. The van der Waals surface area contributed by atoms with Gasteiger partial charge in [0.2, 0.25) is 0 Å². The number of carbonyl (C=O) groups is 1. The van der Waals surface area contributed by atoms with Crippen molar-refractivity contribution in [2.75, 3.05) is 17.2 Å². The fraction of sp³-hybridized carbons (Fsp3) is 0.235. The normalized spacial score (nSPS) is 16.1. The molecule has 1 aliphatic rings. The predicted molar refractivity (Wildman–Crippen MR) is 93.5 cm³/mol. The van der Waals surface area contributed by atoms with Gasteiger partial charge in [0.25, 0.3) is 5.91 Å². The van der Waals surface area contributed by atoms with Gasteiger partial charge in [-0.2, -0.15) is 0 Å². The van der Waals surface area contributed by atoms with E-state index in [0.29, 0.717) is 11.4 Å². The minimum atomic E-state index is -4.77. The van der Waals surface area contributed by atoms with E-state index in [0.717, 1.165) is 16.1 Å². The number of alkyl halides is 3. The van der Waals surface area contributed by atoms with E-state index in [-0.39, 0.29) is 24.0 Å². The van der Waals surface area contributed by atoms with Crippen LogP contribution in [0.15, 0.2) is 40.9 Å². The van der Waals surface area contributed by atoms with Gasteiger partial charge in [0.05, 0.1) is 17.9 Å². The van der Waals surface area contributed by atoms with Gasteiger partial charge in [-0.3, -0.25) is 4.79 Å². The van der Waals surface area contributed by atoms with Crippen molar-refractivity contribution < 1.29 is 27.4 Å². The number of hydrogen-bond acceptors (Lipinski definition) is 4. The van der Waals surface area contributed by atoms with Crippen molar-refractivity contribution in [3.8, 4) is 11.5 Å². The zero-order valence-electron chi connectivity index (χ0n) is 13.5. The maximum atomic E-state index is 12.4. The molecule has 0 aliphatic carbocycles. The first kappa shape index (κ1) is 18.4. The number of aryl methyl sites for hydroxylation is 1. The zero-order chi connectivity index (χ0) is 18.9. The molecule has 0 fully saturated rings. The first-order valence-corrected chi connectivity index (χ1v) is 8.38. The zero-order valence-corrected chi connectivity index (χ0v) is 15.1. The van der Waals surface area contributed by atoms with Crippen LogP contribution in [-0.4, -0.2) is 24.9 Å². The largest absolute Gasteiger partial charge is 0.573 e. The van der Waals surface area contributed by atoms with Gasteiger partial charge in [0, 0.05) is 10.5 Å². The monoisotopic (exact) mass is 430 g/mol. The van der Waals surface area contributed by atoms with Gasteiger partial charge in [-0.05, 0) is 52.7 Å². The number of anilines is 2. The van der Waals surface area contributed by atoms with E-state index in [4.69, 9.17) is 4.74 Å². The Morgan fingerprint density at radius 3 is 2.77 bits per heavy atom. The summed E-state index contributed by atoms with van der Waals surface area (Å²) in [6.45, 7) is 2.04. The Morgan fingerprint density at radius 2 is 2.08 bits per heavy atom. The average molecular weight is 431 g/mol. The first-order valence-electron chi connectivity index (χ1n) is 7.58. The van der Waals surface area contributed by atoms with Gasteiger partial charge in [0.1, 0.15) is 11.5 Å². The molecule has 2 aromatic rings. The Labute approximate surface area is 155 Å². The third-order valence-electron chi connectivity index (χ3n) is 3.61. The summed E-state index contributed by atoms with van der Waals surface area (Å²) in [5.41, 5.74) is 1.97. The van der Waals surface area contributed by atoms with E-state index >= 15 is 0 Å². The van der Waals surface area contributed by atoms with Gasteiger partial charge in [-0.15, -0.1) is 13.2 Å². The van der Waals surface area contributed by atoms with Crippen LogP contribution in [0.4, 0.5) is 24.5 Å². The summed E-state index contributed by atoms with van der Waals surface area (Å²) in [5.74, 6) is -0.462. The second-order valence-electron chi connectivity index (χ2n) is 5.67. The molecule has 1 unspecified atom stereocenters. The molecule has 0 saturated carbocycles. The van der Waals surface area contributed by atoms with Gasteiger partial charge in [-0.1, -0.05) is 6.07 Å². The molecular formula is C17H14BrF3N2O3. The number of rotatable bonds is 3. The van der Waals surface area contributed by atoms with Crippen LogP contribution in [0.1, 0.15) is 5.56 Å². The van der Waals surface area contributed by atoms with Gasteiger partial charge >= 0.3 is 6.36 Å². The van der Waals surface area contributed by atoms with Crippen LogP contribution < -0.4 is 20.1 Å². The molecule has 0 bridgehead atoms. The summed E-state index contributed by atoms with van der Waals surface area (Å²) >= 11 is 3.38. The summed E-state index contributed by atoms with van der Waals surface area (Å²) in [4.78, 5) is 12.4. The van der Waals surface area contributed by atoms with E-state index < -0.39 is 12.5 Å². The highest BCUT2D eigenvalue weighted by atomic mass is 79.9. The first-order chi connectivity index (χ1) is 12.2. The molecule has 0 radical (unpaired) electrons. The fourth-order valence-corrected chi connectivity index (χ4v) is 3.02. The third-order valence-corrected chi connectivity index (χ3v) is 4.26. The lowest BCUT2D eigenvalue weighted by atomic mass is 10.2. The Kier molecular flexibility index (Phi) is 4.99. The molecule has 3 rings (SSSR count). The Bertz CT molecular complexity index is 842. The molecule has 5 nitrogen and oxygen atoms in total. The predicted octanol–water partition coefficient (Wildman–Crippen LogP) is 4.47. The van der Waals surface area contributed by atoms with Crippen molar-refractivity contribution in [2.45, 2.75) is 19.4 Å². The molecule has 1 aliphatic heterocycles. The van der Waals surface area contributed by atoms with E-state index in [2.05, 4.69) is 31.3 Å². The number of halogens is 4. The number of hydrogen-bond donors (Lipinski definition) is 2. The summed E-state index contributed by atoms with van der Waals surface area (Å²) in [7, 11) is 0. The number of carbonyl (C=O) groups excluding carboxylic acids is 1. The molecule has 9 heteroatoms. The highest BCUT2D eigenvalue weighted by molar-refractivity contribution is 9.10. The molecule has 0 spiro atoms. The summed E-state index contributed by atoms with van der Waals surface area (Å²) in [5, 5.41) is 5.64. The standard InChI is InChI=1S/C17H14BrF3N2O3/c1-9-2-4-12(11(18)6-9)23-16(24)15-8-22-13-7-10(26-17(19,20)21)3-5-14(13)25-15/h2-7,15,22H,8H2,1H3,(H,23,24). The molecule has 2 N–H and O–H groups in total. The van der Waals surface area contributed by atoms with Crippen molar-refractivity contribution >= 4 is 33.2 Å². The summed E-state index contributed by atoms with van der Waals surface area (Å²) in [6.07, 6.45) is -5.60. The van der Waals surface area contributed by atoms with Crippen LogP contribution in [0.2, 0.25) is 0 Å². The van der Waals surface area contributed by atoms with Crippen molar-refractivity contribution in [3.05, 3.63) is 46.4 Å². The highest BCUT2D eigenvalue weighted by Gasteiger charge is 2.32. The van der Waals surface area contributed by atoms with Crippen molar-refractivity contribution in [2.24, 2.45) is 0 Å². The molecule has 26 heavy (non-hydrogen) atoms. The van der Waals surface area contributed by atoms with E-state index in [1.54, 1.807) is 6.07 Å². The smallest absolute Gasteiger partial charge is 0.477 e. The van der Waals surface area contributed by atoms with Crippen molar-refractivity contribution in [1.29, 1.82) is 0 Å². The van der Waals surface area contributed by atoms with E-state index in [1.165, 1.54) is 12.1 Å². The number of amides is 1. The average Bonchev–Trinajstić information content (AvgIpc) is 2.55. The molecule has 1 amide bonds. The maximum absolute atomic E-state index is 12.4. The topological polar surface area (TPSA) is 59.6 Å². The third kappa shape index (κ3) is 4.40. The number of fused-ring (bicyclic) bond motifs is 1. The van der Waals surface area contributed by atoms with Crippen LogP contribution in [-0.2, 0) is 4.79 Å². The summed E-state index contributed by atoms with van der Waals surface area (Å²) < 4.78 is 47.0. The second kappa shape index (κ2) is 7.06. The Balaban J connectivity index is 1.69. The molecule has 0 aromatic heterocycles. The maximum Gasteiger partial charge on any atom is 0.573 e. The molecular weight excluding hydrogens is 417 g/mol. The Morgan fingerprint density at radius 1 is 1.31 bits per heavy atom. The molecule has 1 heterocycles. The molecule has 1 atom stereocenters. The fourth-order valence-electron chi connectivity index (χ4n) is 2.43. The molecule has 2 aromatic carbocycles. The highest BCUT2D eigenvalue weighted by Crippen LogP contribution is 2.35. The second-order valence-corrected chi connectivity index (χ2v) is 6.52. The van der Waals surface area contributed by atoms with Gasteiger partial charge in [0.15, 0.2) is 6.10 Å². The minimum absolute atomic E-state index is 0.109. The number of ether oxygens (including phenoxy) is 2. The molecule has 0 saturated heterocycles. The van der Waals surface area contributed by atoms with Crippen LogP contribution in [0.3, 0.4) is 0 Å². The van der Waals surface area contributed by atoms with E-state index in [1.807, 2.05) is 19.1 Å². The van der Waals surface area contributed by atoms with E-state index in [9.17, 15) is 18.0 Å². The quantitative estimate of drug-likeness (QED) is 0.754. The van der Waals surface area contributed by atoms with Crippen molar-refractivity contribution in [3.63, 3.8) is 0 Å². The van der Waals surface area contributed by atoms with Crippen LogP contribution >= 0.6 is 15.9 Å².